The molecule has 148 valence electrons. The molecule has 1 aromatic rings. The molecule has 0 aliphatic heterocycles. The minimum atomic E-state index is 0.0730. The van der Waals surface area contributed by atoms with Gasteiger partial charge in [-0.25, -0.2) is 0 Å². The maximum atomic E-state index is 11.0. The zero-order valence-electron chi connectivity index (χ0n) is 17.5. The lowest BCUT2D eigenvalue weighted by Crippen LogP contribution is -2.21. The van der Waals surface area contributed by atoms with E-state index >= 15 is 0 Å². The van der Waals surface area contributed by atoms with Crippen molar-refractivity contribution in [3.05, 3.63) is 42.0 Å². The van der Waals surface area contributed by atoms with Crippen molar-refractivity contribution < 1.29 is 4.79 Å². The molecule has 0 heterocycles. The van der Waals surface area contributed by atoms with Gasteiger partial charge in [-0.2, -0.15) is 0 Å². The molecule has 0 aliphatic carbocycles. The molecule has 26 heavy (non-hydrogen) atoms. The molecule has 2 heteroatoms. The standard InChI is InChI=1S/C12H15NO.C12H26/c1-3-10-7-5-6-8-11(10)9-13-12(14)4-2;1-3-5-7-9-11-12-10-8-6-4-2/h3,5-8H,1,4,9H2,2H3,(H,13,14);3-12H2,1-2H3. The Labute approximate surface area is 162 Å². The van der Waals surface area contributed by atoms with Crippen LogP contribution in [0.3, 0.4) is 0 Å². The molecule has 0 aliphatic rings. The lowest BCUT2D eigenvalue weighted by atomic mass is 10.1. The van der Waals surface area contributed by atoms with Crippen LogP contribution in [0, 0.1) is 0 Å². The average Bonchev–Trinajstić information content (AvgIpc) is 2.69. The SMILES string of the molecule is C=Cc1ccccc1CNC(=O)CC.CCCCCCCCCCCC. The van der Waals surface area contributed by atoms with Crippen LogP contribution in [0.2, 0.25) is 0 Å². The first-order valence-corrected chi connectivity index (χ1v) is 10.7. The molecule has 0 spiro atoms. The minimum Gasteiger partial charge on any atom is -0.352 e. The zero-order chi connectivity index (χ0) is 19.5. The second kappa shape index (κ2) is 18.2. The van der Waals surface area contributed by atoms with E-state index in [4.69, 9.17) is 0 Å². The van der Waals surface area contributed by atoms with Crippen LogP contribution in [-0.4, -0.2) is 5.91 Å². The summed E-state index contributed by atoms with van der Waals surface area (Å²) >= 11 is 0. The summed E-state index contributed by atoms with van der Waals surface area (Å²) in [6.07, 6.45) is 16.8. The molecule has 1 aromatic carbocycles. The Balaban J connectivity index is 0.000000488. The third-order valence-corrected chi connectivity index (χ3v) is 4.53. The van der Waals surface area contributed by atoms with Crippen LogP contribution in [0.4, 0.5) is 0 Å². The van der Waals surface area contributed by atoms with E-state index in [-0.39, 0.29) is 5.91 Å². The van der Waals surface area contributed by atoms with Gasteiger partial charge in [0.25, 0.3) is 0 Å². The van der Waals surface area contributed by atoms with E-state index in [0.717, 1.165) is 11.1 Å². The van der Waals surface area contributed by atoms with Gasteiger partial charge >= 0.3 is 0 Å². The Hall–Kier alpha value is -1.57. The number of rotatable bonds is 13. The molecule has 0 unspecified atom stereocenters. The Morgan fingerprint density at radius 3 is 1.85 bits per heavy atom. The number of unbranched alkanes of at least 4 members (excludes halogenated alkanes) is 9. The average molecular weight is 360 g/mol. The number of amides is 1. The van der Waals surface area contributed by atoms with Gasteiger partial charge in [-0.3, -0.25) is 4.79 Å². The summed E-state index contributed by atoms with van der Waals surface area (Å²) in [5.41, 5.74) is 2.17. The van der Waals surface area contributed by atoms with Crippen molar-refractivity contribution in [1.82, 2.24) is 5.32 Å². The molecule has 0 radical (unpaired) electrons. The van der Waals surface area contributed by atoms with Crippen molar-refractivity contribution in [3.8, 4) is 0 Å². The zero-order valence-corrected chi connectivity index (χ0v) is 17.5. The van der Waals surface area contributed by atoms with Crippen LogP contribution in [0.15, 0.2) is 30.8 Å². The molecule has 2 nitrogen and oxygen atoms in total. The van der Waals surface area contributed by atoms with Crippen molar-refractivity contribution in [2.24, 2.45) is 0 Å². The summed E-state index contributed by atoms with van der Waals surface area (Å²) < 4.78 is 0. The molecular weight excluding hydrogens is 318 g/mol. The summed E-state index contributed by atoms with van der Waals surface area (Å²) in [7, 11) is 0. The van der Waals surface area contributed by atoms with Crippen molar-refractivity contribution >= 4 is 12.0 Å². The van der Waals surface area contributed by atoms with E-state index in [2.05, 4.69) is 25.7 Å². The number of hydrogen-bond acceptors (Lipinski definition) is 1. The Morgan fingerprint density at radius 1 is 0.885 bits per heavy atom. The van der Waals surface area contributed by atoms with Crippen LogP contribution in [-0.2, 0) is 11.3 Å². The molecule has 1 rings (SSSR count). The third-order valence-electron chi connectivity index (χ3n) is 4.53. The van der Waals surface area contributed by atoms with Crippen LogP contribution in [0.1, 0.15) is 103 Å². The molecule has 1 N–H and O–H groups in total. The Kier molecular flexibility index (Phi) is 17.1. The van der Waals surface area contributed by atoms with Gasteiger partial charge in [0.1, 0.15) is 0 Å². The summed E-state index contributed by atoms with van der Waals surface area (Å²) in [4.78, 5) is 11.0. The van der Waals surface area contributed by atoms with Crippen molar-refractivity contribution in [3.63, 3.8) is 0 Å². The number of benzene rings is 1. The summed E-state index contributed by atoms with van der Waals surface area (Å²) in [6.45, 7) is 10.7. The van der Waals surface area contributed by atoms with Gasteiger partial charge in [-0.1, -0.05) is 122 Å². The quantitative estimate of drug-likeness (QED) is 0.368. The Bertz CT molecular complexity index is 457. The fraction of sp³-hybridized carbons (Fsp3) is 0.625. The van der Waals surface area contributed by atoms with Crippen LogP contribution >= 0.6 is 0 Å². The van der Waals surface area contributed by atoms with E-state index in [9.17, 15) is 4.79 Å². The van der Waals surface area contributed by atoms with Crippen molar-refractivity contribution in [1.29, 1.82) is 0 Å². The fourth-order valence-electron chi connectivity index (χ4n) is 2.77. The lowest BCUT2D eigenvalue weighted by molar-refractivity contribution is -0.120. The minimum absolute atomic E-state index is 0.0730. The first-order valence-electron chi connectivity index (χ1n) is 10.7. The van der Waals surface area contributed by atoms with Gasteiger partial charge in [0.15, 0.2) is 0 Å². The van der Waals surface area contributed by atoms with Gasteiger partial charge in [-0.05, 0) is 11.1 Å². The predicted molar refractivity (Wildman–Crippen MR) is 116 cm³/mol. The van der Waals surface area contributed by atoms with E-state index in [0.29, 0.717) is 13.0 Å². The lowest BCUT2D eigenvalue weighted by Gasteiger charge is -2.06. The molecule has 0 saturated carbocycles. The number of carbonyl (C=O) groups excluding carboxylic acids is 1. The molecular formula is C24H41NO. The largest absolute Gasteiger partial charge is 0.352 e. The number of nitrogens with one attached hydrogen (secondary N) is 1. The molecule has 0 bridgehead atoms. The maximum Gasteiger partial charge on any atom is 0.219 e. The molecule has 0 saturated heterocycles. The van der Waals surface area contributed by atoms with Gasteiger partial charge < -0.3 is 5.32 Å². The van der Waals surface area contributed by atoms with Crippen LogP contribution in [0.5, 0.6) is 0 Å². The topological polar surface area (TPSA) is 29.1 Å². The van der Waals surface area contributed by atoms with Gasteiger partial charge in [-0.15, -0.1) is 0 Å². The fourth-order valence-corrected chi connectivity index (χ4v) is 2.77. The summed E-state index contributed by atoms with van der Waals surface area (Å²) in [6, 6.07) is 7.90. The maximum absolute atomic E-state index is 11.0. The van der Waals surface area contributed by atoms with Gasteiger partial charge in [0.2, 0.25) is 5.91 Å². The second-order valence-corrected chi connectivity index (χ2v) is 6.86. The monoisotopic (exact) mass is 359 g/mol. The first kappa shape index (κ1) is 24.4. The smallest absolute Gasteiger partial charge is 0.219 e. The highest BCUT2D eigenvalue weighted by atomic mass is 16.1. The Morgan fingerprint density at radius 2 is 1.38 bits per heavy atom. The number of hydrogen-bond donors (Lipinski definition) is 1. The molecule has 0 atom stereocenters. The van der Waals surface area contributed by atoms with Crippen LogP contribution in [0.25, 0.3) is 6.08 Å². The van der Waals surface area contributed by atoms with E-state index in [1.165, 1.54) is 64.2 Å². The van der Waals surface area contributed by atoms with Crippen molar-refractivity contribution in [2.45, 2.75) is 97.9 Å². The molecule has 1 amide bonds. The van der Waals surface area contributed by atoms with E-state index < -0.39 is 0 Å². The summed E-state index contributed by atoms with van der Waals surface area (Å²) in [5.74, 6) is 0.0730. The number of carbonyl (C=O) groups is 1. The van der Waals surface area contributed by atoms with Crippen molar-refractivity contribution in [2.75, 3.05) is 0 Å². The second-order valence-electron chi connectivity index (χ2n) is 6.86. The van der Waals surface area contributed by atoms with Gasteiger partial charge in [0, 0.05) is 13.0 Å². The summed E-state index contributed by atoms with van der Waals surface area (Å²) in [5, 5.41) is 2.84. The normalized spacial score (nSPS) is 9.96. The highest BCUT2D eigenvalue weighted by Gasteiger charge is 2.00. The molecule has 0 fully saturated rings. The molecule has 0 aromatic heterocycles. The third kappa shape index (κ3) is 13.7. The predicted octanol–water partition coefficient (Wildman–Crippen LogP) is 7.28. The van der Waals surface area contributed by atoms with Crippen LogP contribution < -0.4 is 5.32 Å². The highest BCUT2D eigenvalue weighted by Crippen LogP contribution is 2.10. The van der Waals surface area contributed by atoms with E-state index in [1.807, 2.05) is 31.2 Å². The van der Waals surface area contributed by atoms with Gasteiger partial charge in [0.05, 0.1) is 0 Å². The highest BCUT2D eigenvalue weighted by molar-refractivity contribution is 5.75. The first-order chi connectivity index (χ1) is 12.7. The van der Waals surface area contributed by atoms with E-state index in [1.54, 1.807) is 6.08 Å².